The number of ether oxygens (including phenoxy) is 1. The number of pyridine rings is 1. The maximum atomic E-state index is 13.2. The molecule has 1 N–H and O–H groups in total. The quantitative estimate of drug-likeness (QED) is 0.460. The smallest absolute Gasteiger partial charge is 0.471 e. The second kappa shape index (κ2) is 7.89. The molecule has 0 aliphatic carbocycles. The van der Waals surface area contributed by atoms with Gasteiger partial charge in [0.2, 0.25) is 11.7 Å². The average molecular weight is 458 g/mol. The molecule has 0 amide bonds. The Kier molecular flexibility index (Phi) is 5.39. The van der Waals surface area contributed by atoms with E-state index in [9.17, 15) is 26.0 Å². The molecule has 0 bridgehead atoms. The van der Waals surface area contributed by atoms with Crippen LogP contribution in [0.2, 0.25) is 0 Å². The van der Waals surface area contributed by atoms with Crippen LogP contribution < -0.4 is 10.1 Å². The molecule has 1 saturated heterocycles. The zero-order valence-electron chi connectivity index (χ0n) is 15.5. The molecule has 2 atom stereocenters. The van der Waals surface area contributed by atoms with Crippen LogP contribution in [0.25, 0.3) is 11.4 Å². The highest BCUT2D eigenvalue weighted by Crippen LogP contribution is 2.33. The lowest BCUT2D eigenvalue weighted by molar-refractivity contribution is -0.159. The largest absolute Gasteiger partial charge is 0.471 e. The first-order valence-corrected chi connectivity index (χ1v) is 10.5. The Morgan fingerprint density at radius 2 is 1.90 bits per heavy atom. The summed E-state index contributed by atoms with van der Waals surface area (Å²) in [7, 11) is -3.95. The molecule has 13 heteroatoms. The maximum Gasteiger partial charge on any atom is 0.471 e. The normalized spacial score (nSPS) is 19.5. The molecule has 1 aliphatic heterocycles. The van der Waals surface area contributed by atoms with Gasteiger partial charge < -0.3 is 9.26 Å². The van der Waals surface area contributed by atoms with Crippen molar-refractivity contribution < 1.29 is 35.2 Å². The topological polar surface area (TPSA) is 107 Å². The first-order chi connectivity index (χ1) is 14.7. The monoisotopic (exact) mass is 458 g/mol. The predicted octanol–water partition coefficient (Wildman–Crippen LogP) is 2.83. The lowest BCUT2D eigenvalue weighted by atomic mass is 10.2. The summed E-state index contributed by atoms with van der Waals surface area (Å²) in [4.78, 5) is 7.21. The highest BCUT2D eigenvalue weighted by atomic mass is 32.2. The first-order valence-electron chi connectivity index (χ1n) is 8.92. The van der Waals surface area contributed by atoms with Crippen molar-refractivity contribution in [1.82, 2.24) is 20.4 Å². The highest BCUT2D eigenvalue weighted by Gasteiger charge is 2.41. The van der Waals surface area contributed by atoms with E-state index < -0.39 is 45.0 Å². The van der Waals surface area contributed by atoms with Crippen LogP contribution in [-0.2, 0) is 16.0 Å². The third-order valence-corrected chi connectivity index (χ3v) is 6.60. The van der Waals surface area contributed by atoms with Crippen LogP contribution >= 0.6 is 0 Å². The van der Waals surface area contributed by atoms with Gasteiger partial charge in [0.1, 0.15) is 11.9 Å². The van der Waals surface area contributed by atoms with E-state index in [1.54, 1.807) is 0 Å². The van der Waals surface area contributed by atoms with Gasteiger partial charge in [-0.05, 0) is 42.8 Å². The number of halogens is 4. The van der Waals surface area contributed by atoms with Crippen LogP contribution in [0, 0.1) is 5.82 Å². The summed E-state index contributed by atoms with van der Waals surface area (Å²) in [5.41, 5.74) is 0.00609. The van der Waals surface area contributed by atoms with E-state index in [1.807, 2.05) is 0 Å². The number of benzene rings is 1. The fourth-order valence-corrected chi connectivity index (χ4v) is 4.84. The molecule has 0 radical (unpaired) electrons. The fourth-order valence-electron chi connectivity index (χ4n) is 3.10. The van der Waals surface area contributed by atoms with Gasteiger partial charge in [0, 0.05) is 12.7 Å². The Bertz CT molecular complexity index is 1180. The molecule has 1 aliphatic rings. The zero-order valence-corrected chi connectivity index (χ0v) is 16.3. The molecule has 3 aromatic rings. The predicted molar refractivity (Wildman–Crippen MR) is 96.9 cm³/mol. The van der Waals surface area contributed by atoms with E-state index in [-0.39, 0.29) is 22.8 Å². The van der Waals surface area contributed by atoms with Gasteiger partial charge in [0.25, 0.3) is 0 Å². The van der Waals surface area contributed by atoms with Crippen LogP contribution in [0.5, 0.6) is 5.88 Å². The second-order valence-electron chi connectivity index (χ2n) is 6.60. The summed E-state index contributed by atoms with van der Waals surface area (Å²) >= 11 is 0. The molecule has 164 valence electrons. The highest BCUT2D eigenvalue weighted by molar-refractivity contribution is 7.92. The molecule has 1 aromatic carbocycles. The van der Waals surface area contributed by atoms with Gasteiger partial charge >= 0.3 is 12.1 Å². The summed E-state index contributed by atoms with van der Waals surface area (Å²) in [5.74, 6) is -2.66. The Morgan fingerprint density at radius 1 is 1.16 bits per heavy atom. The molecule has 0 saturated carbocycles. The number of hydrogen-bond donors (Lipinski definition) is 1. The zero-order chi connectivity index (χ0) is 22.2. The van der Waals surface area contributed by atoms with Crippen molar-refractivity contribution in [3.63, 3.8) is 0 Å². The van der Waals surface area contributed by atoms with Crippen LogP contribution in [0.3, 0.4) is 0 Å². The Labute approximate surface area is 173 Å². The van der Waals surface area contributed by atoms with Crippen LogP contribution in [0.1, 0.15) is 12.3 Å². The number of aromatic nitrogens is 3. The molecule has 31 heavy (non-hydrogen) atoms. The summed E-state index contributed by atoms with van der Waals surface area (Å²) < 4.78 is 87.4. The summed E-state index contributed by atoms with van der Waals surface area (Å²) in [6, 6.07) is 7.16. The maximum absolute atomic E-state index is 13.2. The van der Waals surface area contributed by atoms with Crippen molar-refractivity contribution in [2.45, 2.75) is 29.0 Å². The van der Waals surface area contributed by atoms with Crippen molar-refractivity contribution in [1.29, 1.82) is 0 Å². The van der Waals surface area contributed by atoms with Gasteiger partial charge in [-0.1, -0.05) is 5.16 Å². The standard InChI is InChI=1S/C18H14F4N4O4S/c19-10-3-5-11(6-4-10)31(27,28)16-13(7-9-24-16)29-15-12(2-1-8-23-15)14-25-17(30-26-14)18(20,21)22/h1-6,8,13,16,24H,7,9H2. The number of hydrogen-bond acceptors (Lipinski definition) is 8. The van der Waals surface area contributed by atoms with Gasteiger partial charge in [0.15, 0.2) is 15.2 Å². The minimum absolute atomic E-state index is 0.00609. The Morgan fingerprint density at radius 3 is 2.58 bits per heavy atom. The summed E-state index contributed by atoms with van der Waals surface area (Å²) in [5, 5.41) is 4.97. The molecular weight excluding hydrogens is 444 g/mol. The van der Waals surface area contributed by atoms with E-state index in [2.05, 4.69) is 25.0 Å². The van der Waals surface area contributed by atoms with Gasteiger partial charge in [0.05, 0.1) is 10.5 Å². The second-order valence-corrected chi connectivity index (χ2v) is 8.66. The van der Waals surface area contributed by atoms with E-state index >= 15 is 0 Å². The third-order valence-electron chi connectivity index (χ3n) is 4.53. The van der Waals surface area contributed by atoms with Crippen LogP contribution in [0.15, 0.2) is 52.0 Å². The first kappa shape index (κ1) is 21.2. The Balaban J connectivity index is 1.62. The fraction of sp³-hybridized carbons (Fsp3) is 0.278. The minimum atomic E-state index is -4.82. The van der Waals surface area contributed by atoms with Gasteiger partial charge in [-0.25, -0.2) is 17.8 Å². The number of alkyl halides is 3. The van der Waals surface area contributed by atoms with E-state index in [0.29, 0.717) is 6.54 Å². The molecular formula is C18H14F4N4O4S. The van der Waals surface area contributed by atoms with Crippen molar-refractivity contribution in [3.05, 3.63) is 54.3 Å². The van der Waals surface area contributed by atoms with Crippen LogP contribution in [0.4, 0.5) is 17.6 Å². The number of nitrogens with one attached hydrogen (secondary N) is 1. The SMILES string of the molecule is O=S(=O)(c1ccc(F)cc1)C1NCCC1Oc1ncccc1-c1noc(C(F)(F)F)n1. The van der Waals surface area contributed by atoms with Gasteiger partial charge in [-0.3, -0.25) is 5.32 Å². The molecule has 3 heterocycles. The lowest BCUT2D eigenvalue weighted by Crippen LogP contribution is -2.41. The van der Waals surface area contributed by atoms with E-state index in [4.69, 9.17) is 4.74 Å². The number of rotatable bonds is 5. The van der Waals surface area contributed by atoms with E-state index in [1.165, 1.54) is 18.3 Å². The summed E-state index contributed by atoms with van der Waals surface area (Å²) in [6.07, 6.45) is -4.13. The minimum Gasteiger partial charge on any atom is -0.471 e. The number of nitrogens with zero attached hydrogens (tertiary/aromatic N) is 3. The van der Waals surface area contributed by atoms with E-state index in [0.717, 1.165) is 24.3 Å². The van der Waals surface area contributed by atoms with Crippen molar-refractivity contribution in [2.24, 2.45) is 0 Å². The number of sulfone groups is 1. The van der Waals surface area contributed by atoms with Crippen molar-refractivity contribution in [2.75, 3.05) is 6.54 Å². The molecule has 4 rings (SSSR count). The average Bonchev–Trinajstić information content (AvgIpc) is 3.38. The van der Waals surface area contributed by atoms with Crippen molar-refractivity contribution >= 4 is 9.84 Å². The summed E-state index contributed by atoms with van der Waals surface area (Å²) in [6.45, 7) is 0.304. The molecule has 2 unspecified atom stereocenters. The van der Waals surface area contributed by atoms with Crippen LogP contribution in [-0.4, -0.2) is 41.6 Å². The third kappa shape index (κ3) is 4.23. The van der Waals surface area contributed by atoms with Crippen molar-refractivity contribution in [3.8, 4) is 17.3 Å². The molecule has 8 nitrogen and oxygen atoms in total. The van der Waals surface area contributed by atoms with Gasteiger partial charge in [-0.2, -0.15) is 18.2 Å². The van der Waals surface area contributed by atoms with Gasteiger partial charge in [-0.15, -0.1) is 0 Å². The molecule has 2 aromatic heterocycles. The molecule has 1 fully saturated rings. The molecule has 0 spiro atoms. The lowest BCUT2D eigenvalue weighted by Gasteiger charge is -2.21. The Hall–Kier alpha value is -3.06.